The average Bonchev–Trinajstić information content (AvgIpc) is 3.31. The smallest absolute Gasteiger partial charge is 0.273 e. The van der Waals surface area contributed by atoms with Crippen molar-refractivity contribution < 1.29 is 19.4 Å². The Bertz CT molecular complexity index is 1090. The van der Waals surface area contributed by atoms with Crippen LogP contribution in [0.15, 0.2) is 42.5 Å². The predicted octanol–water partition coefficient (Wildman–Crippen LogP) is 4.07. The highest BCUT2D eigenvalue weighted by Crippen LogP contribution is 2.44. The third-order valence-corrected chi connectivity index (χ3v) is 5.45. The van der Waals surface area contributed by atoms with Crippen molar-refractivity contribution >= 4 is 5.91 Å². The zero-order valence-corrected chi connectivity index (χ0v) is 18.0. The molecule has 162 valence electrons. The van der Waals surface area contributed by atoms with E-state index in [4.69, 9.17) is 9.47 Å². The molecule has 1 atom stereocenters. The number of H-pyrrole nitrogens is 1. The molecule has 0 radical (unpaired) electrons. The number of aromatic amines is 1. The van der Waals surface area contributed by atoms with E-state index in [-0.39, 0.29) is 17.7 Å². The SMILES string of the molecule is CCCOc1cccc(C2c3c(-c4cc(C)ccc4O)n[nH]c3C(=O)N2CCOC)c1. The Morgan fingerprint density at radius 3 is 2.81 bits per heavy atom. The lowest BCUT2D eigenvalue weighted by molar-refractivity contribution is 0.0677. The van der Waals surface area contributed by atoms with Crippen molar-refractivity contribution in [2.75, 3.05) is 26.9 Å². The summed E-state index contributed by atoms with van der Waals surface area (Å²) in [5.74, 6) is 0.750. The third-order valence-electron chi connectivity index (χ3n) is 5.45. The summed E-state index contributed by atoms with van der Waals surface area (Å²) in [5, 5.41) is 17.9. The van der Waals surface area contributed by atoms with Crippen LogP contribution in [-0.4, -0.2) is 53.0 Å². The number of rotatable bonds is 8. The summed E-state index contributed by atoms with van der Waals surface area (Å²) in [7, 11) is 1.62. The number of aryl methyl sites for hydroxylation is 1. The van der Waals surface area contributed by atoms with Gasteiger partial charge in [0.1, 0.15) is 22.9 Å². The third kappa shape index (κ3) is 3.88. The molecule has 3 aromatic rings. The van der Waals surface area contributed by atoms with Gasteiger partial charge in [-0.15, -0.1) is 0 Å². The van der Waals surface area contributed by atoms with Gasteiger partial charge in [0.15, 0.2) is 0 Å². The maximum Gasteiger partial charge on any atom is 0.273 e. The van der Waals surface area contributed by atoms with Crippen LogP contribution in [0.1, 0.15) is 46.6 Å². The molecule has 1 aliphatic heterocycles. The number of carbonyl (C=O) groups is 1. The van der Waals surface area contributed by atoms with E-state index in [9.17, 15) is 9.90 Å². The first-order valence-corrected chi connectivity index (χ1v) is 10.5. The van der Waals surface area contributed by atoms with Crippen molar-refractivity contribution in [1.82, 2.24) is 15.1 Å². The molecule has 0 spiro atoms. The van der Waals surface area contributed by atoms with Crippen LogP contribution in [-0.2, 0) is 4.74 Å². The van der Waals surface area contributed by atoms with E-state index < -0.39 is 0 Å². The first-order chi connectivity index (χ1) is 15.0. The second kappa shape index (κ2) is 8.81. The number of aromatic hydroxyl groups is 1. The van der Waals surface area contributed by atoms with Crippen molar-refractivity contribution in [2.24, 2.45) is 0 Å². The van der Waals surface area contributed by atoms with E-state index in [0.29, 0.717) is 36.7 Å². The highest BCUT2D eigenvalue weighted by Gasteiger charge is 2.42. The monoisotopic (exact) mass is 421 g/mol. The Morgan fingerprint density at radius 2 is 2.03 bits per heavy atom. The molecule has 0 bridgehead atoms. The Kier molecular flexibility index (Phi) is 5.95. The molecule has 7 nitrogen and oxygen atoms in total. The number of amides is 1. The highest BCUT2D eigenvalue weighted by molar-refractivity contribution is 6.00. The van der Waals surface area contributed by atoms with Gasteiger partial charge in [0.2, 0.25) is 0 Å². The van der Waals surface area contributed by atoms with Gasteiger partial charge in [-0.25, -0.2) is 0 Å². The zero-order chi connectivity index (χ0) is 22.0. The number of methoxy groups -OCH3 is 1. The lowest BCUT2D eigenvalue weighted by atomic mass is 9.95. The molecular formula is C24H27N3O4. The standard InChI is InChI=1S/C24H27N3O4/c1-4-11-31-17-7-5-6-16(14-17)23-20-21(18-13-15(2)8-9-19(18)28)25-26-22(20)24(29)27(23)10-12-30-3/h5-9,13-14,23,28H,4,10-12H2,1-3H3,(H,25,26). The molecule has 0 aliphatic carbocycles. The number of hydrogen-bond acceptors (Lipinski definition) is 5. The van der Waals surface area contributed by atoms with E-state index in [2.05, 4.69) is 17.1 Å². The van der Waals surface area contributed by atoms with Crippen LogP contribution in [0.25, 0.3) is 11.3 Å². The van der Waals surface area contributed by atoms with Gasteiger partial charge < -0.3 is 19.5 Å². The summed E-state index contributed by atoms with van der Waals surface area (Å²) in [6.45, 7) is 5.49. The lowest BCUT2D eigenvalue weighted by Crippen LogP contribution is -2.32. The molecule has 2 N–H and O–H groups in total. The van der Waals surface area contributed by atoms with Crippen LogP contribution in [0.3, 0.4) is 0 Å². The largest absolute Gasteiger partial charge is 0.507 e. The predicted molar refractivity (Wildman–Crippen MR) is 117 cm³/mol. The highest BCUT2D eigenvalue weighted by atomic mass is 16.5. The van der Waals surface area contributed by atoms with Crippen LogP contribution in [0.5, 0.6) is 11.5 Å². The Hall–Kier alpha value is -3.32. The average molecular weight is 421 g/mol. The molecule has 0 saturated carbocycles. The number of hydrogen-bond donors (Lipinski definition) is 2. The van der Waals surface area contributed by atoms with Crippen molar-refractivity contribution in [3.8, 4) is 22.8 Å². The zero-order valence-electron chi connectivity index (χ0n) is 18.0. The van der Waals surface area contributed by atoms with E-state index >= 15 is 0 Å². The molecule has 1 unspecified atom stereocenters. The van der Waals surface area contributed by atoms with Crippen LogP contribution in [0.2, 0.25) is 0 Å². The molecule has 0 saturated heterocycles. The molecular weight excluding hydrogens is 394 g/mol. The molecule has 0 fully saturated rings. The number of nitrogens with one attached hydrogen (secondary N) is 1. The van der Waals surface area contributed by atoms with E-state index in [1.54, 1.807) is 18.1 Å². The number of aromatic nitrogens is 2. The van der Waals surface area contributed by atoms with Crippen LogP contribution < -0.4 is 4.74 Å². The maximum absolute atomic E-state index is 13.2. The topological polar surface area (TPSA) is 87.7 Å². The Balaban J connectivity index is 1.85. The van der Waals surface area contributed by atoms with Crippen molar-refractivity contribution in [3.05, 3.63) is 64.8 Å². The molecule has 2 heterocycles. The van der Waals surface area contributed by atoms with Crippen LogP contribution in [0.4, 0.5) is 0 Å². The molecule has 4 rings (SSSR count). The number of fused-ring (bicyclic) bond motifs is 1. The van der Waals surface area contributed by atoms with Crippen molar-refractivity contribution in [2.45, 2.75) is 26.3 Å². The number of carbonyl (C=O) groups excluding carboxylic acids is 1. The summed E-state index contributed by atoms with van der Waals surface area (Å²) in [6, 6.07) is 12.8. The lowest BCUT2D eigenvalue weighted by Gasteiger charge is -2.26. The van der Waals surface area contributed by atoms with E-state index in [1.165, 1.54) is 0 Å². The second-order valence-corrected chi connectivity index (χ2v) is 7.70. The number of phenolic OH excluding ortho intramolecular Hbond substituents is 1. The summed E-state index contributed by atoms with van der Waals surface area (Å²) in [4.78, 5) is 15.0. The fourth-order valence-electron chi connectivity index (χ4n) is 4.00. The van der Waals surface area contributed by atoms with Gasteiger partial charge in [-0.2, -0.15) is 5.10 Å². The van der Waals surface area contributed by atoms with Crippen molar-refractivity contribution in [1.29, 1.82) is 0 Å². The van der Waals surface area contributed by atoms with Gasteiger partial charge >= 0.3 is 0 Å². The van der Waals surface area contributed by atoms with Crippen LogP contribution >= 0.6 is 0 Å². The van der Waals surface area contributed by atoms with Crippen molar-refractivity contribution in [3.63, 3.8) is 0 Å². The number of phenols is 1. The Labute approximate surface area is 181 Å². The summed E-state index contributed by atoms with van der Waals surface area (Å²) in [5.41, 5.74) is 4.30. The minimum atomic E-state index is -0.364. The van der Waals surface area contributed by atoms with Gasteiger partial charge in [-0.3, -0.25) is 9.89 Å². The first-order valence-electron chi connectivity index (χ1n) is 10.5. The summed E-state index contributed by atoms with van der Waals surface area (Å²) >= 11 is 0. The normalized spacial score (nSPS) is 15.4. The minimum absolute atomic E-state index is 0.126. The molecule has 1 aromatic heterocycles. The molecule has 2 aromatic carbocycles. The first kappa shape index (κ1) is 20.9. The minimum Gasteiger partial charge on any atom is -0.507 e. The maximum atomic E-state index is 13.2. The number of nitrogens with zero attached hydrogens (tertiary/aromatic N) is 2. The van der Waals surface area contributed by atoms with Gasteiger partial charge in [0, 0.05) is 24.8 Å². The number of benzene rings is 2. The fourth-order valence-corrected chi connectivity index (χ4v) is 4.00. The fraction of sp³-hybridized carbons (Fsp3) is 0.333. The summed E-state index contributed by atoms with van der Waals surface area (Å²) < 4.78 is 11.1. The number of ether oxygens (including phenoxy) is 2. The quantitative estimate of drug-likeness (QED) is 0.572. The van der Waals surface area contributed by atoms with Gasteiger partial charge in [0.25, 0.3) is 5.91 Å². The molecule has 1 amide bonds. The second-order valence-electron chi connectivity index (χ2n) is 7.70. The molecule has 31 heavy (non-hydrogen) atoms. The van der Waals surface area contributed by atoms with Gasteiger partial charge in [-0.1, -0.05) is 30.7 Å². The Morgan fingerprint density at radius 1 is 1.19 bits per heavy atom. The summed E-state index contributed by atoms with van der Waals surface area (Å²) in [6.07, 6.45) is 0.911. The molecule has 7 heteroatoms. The van der Waals surface area contributed by atoms with Gasteiger partial charge in [0.05, 0.1) is 19.3 Å². The van der Waals surface area contributed by atoms with E-state index in [0.717, 1.165) is 28.9 Å². The molecule has 1 aliphatic rings. The van der Waals surface area contributed by atoms with Gasteiger partial charge in [-0.05, 0) is 43.2 Å². The van der Waals surface area contributed by atoms with Crippen LogP contribution in [0, 0.1) is 6.92 Å². The van der Waals surface area contributed by atoms with E-state index in [1.807, 2.05) is 43.3 Å².